The lowest BCUT2D eigenvalue weighted by Crippen LogP contribution is -2.64. The van der Waals surface area contributed by atoms with Gasteiger partial charge in [0.15, 0.2) is 12.3 Å². The number of fused-ring (bicyclic) bond motifs is 2. The summed E-state index contributed by atoms with van der Waals surface area (Å²) in [6.45, 7) is 9.18. The number of hydroxylamine groups is 2. The Morgan fingerprint density at radius 3 is 2.02 bits per heavy atom. The molecule has 1 N–H and O–H groups in total. The molecule has 308 valence electrons. The quantitative estimate of drug-likeness (QED) is 0.0801. The van der Waals surface area contributed by atoms with E-state index in [1.165, 1.54) is 17.8 Å². The topological polar surface area (TPSA) is 167 Å². The zero-order chi connectivity index (χ0) is 41.8. The minimum absolute atomic E-state index is 0.0582. The molecule has 0 spiro atoms. The van der Waals surface area contributed by atoms with Gasteiger partial charge in [-0.05, 0) is 75.6 Å². The van der Waals surface area contributed by atoms with Gasteiger partial charge in [-0.15, -0.1) is 0 Å². The van der Waals surface area contributed by atoms with Gasteiger partial charge in [0.2, 0.25) is 5.60 Å². The Balaban J connectivity index is 1.57. The Hall–Kier alpha value is -4.91. The molecular formula is C42H50N5O10P. The molecule has 3 aromatic carbocycles. The average molecular weight is 816 g/mol. The summed E-state index contributed by atoms with van der Waals surface area (Å²) in [5.41, 5.74) is -2.29. The molecule has 0 aliphatic carbocycles. The Morgan fingerprint density at radius 1 is 0.914 bits per heavy atom. The van der Waals surface area contributed by atoms with Crippen LogP contribution in [-0.4, -0.2) is 89.6 Å². The number of aromatic nitrogens is 2. The Kier molecular flexibility index (Phi) is 13.2. The molecule has 16 heteroatoms. The lowest BCUT2D eigenvalue weighted by molar-refractivity contribution is -0.246. The lowest BCUT2D eigenvalue weighted by Gasteiger charge is -2.45. The first-order valence-corrected chi connectivity index (χ1v) is 20.1. The van der Waals surface area contributed by atoms with Gasteiger partial charge in [0, 0.05) is 30.9 Å². The standard InChI is InChI=1S/C42H50N5O10P/c1-27(2)47(28(3)4)58(54-24-12-23-43)57-36-35-38(46-25-29(5)37(48)44-40(46)50)55-41(36,39(49)45(6)56-35)26-53-42(30-13-10-9-11-14-30,31-15-19-33(51-7)20-16-31)32-17-21-34(52-8)22-18-32/h9-11,13-22,25,27-28,35-36,38H,12,24,26H2,1-8H3,(H,44,48,50)/t35?,36?,38-,41-,58?/m1/s1. The van der Waals surface area contributed by atoms with Crippen LogP contribution in [0.2, 0.25) is 0 Å². The van der Waals surface area contributed by atoms with Crippen LogP contribution in [0.3, 0.4) is 0 Å². The van der Waals surface area contributed by atoms with Crippen molar-refractivity contribution >= 4 is 14.4 Å². The van der Waals surface area contributed by atoms with Crippen molar-refractivity contribution < 1.29 is 37.6 Å². The molecule has 58 heavy (non-hydrogen) atoms. The predicted molar refractivity (Wildman–Crippen MR) is 215 cm³/mol. The van der Waals surface area contributed by atoms with Gasteiger partial charge in [0.05, 0.1) is 39.9 Å². The molecule has 0 saturated carbocycles. The summed E-state index contributed by atoms with van der Waals surface area (Å²) in [6, 6.07) is 26.4. The van der Waals surface area contributed by atoms with Gasteiger partial charge in [-0.1, -0.05) is 54.6 Å². The molecule has 2 saturated heterocycles. The summed E-state index contributed by atoms with van der Waals surface area (Å²) < 4.78 is 41.7. The smallest absolute Gasteiger partial charge is 0.330 e. The van der Waals surface area contributed by atoms with Crippen LogP contribution in [0.1, 0.15) is 62.6 Å². The van der Waals surface area contributed by atoms with Crippen LogP contribution in [0.5, 0.6) is 11.5 Å². The first-order valence-electron chi connectivity index (χ1n) is 19.0. The molecule has 1 amide bonds. The van der Waals surface area contributed by atoms with Crippen molar-refractivity contribution in [3.8, 4) is 17.6 Å². The van der Waals surface area contributed by atoms with Crippen LogP contribution in [0, 0.1) is 18.3 Å². The number of likely N-dealkylation sites (N-methyl/N-ethyl adjacent to an activating group) is 1. The fourth-order valence-corrected chi connectivity index (χ4v) is 9.32. The predicted octanol–water partition coefficient (Wildman–Crippen LogP) is 5.57. The molecule has 2 fully saturated rings. The van der Waals surface area contributed by atoms with E-state index in [-0.39, 0.29) is 30.7 Å². The average Bonchev–Trinajstić information content (AvgIpc) is 3.46. The zero-order valence-electron chi connectivity index (χ0n) is 33.9. The summed E-state index contributed by atoms with van der Waals surface area (Å²) in [6.07, 6.45) is -2.18. The number of aryl methyl sites for hydroxylation is 1. The molecule has 15 nitrogen and oxygen atoms in total. The third kappa shape index (κ3) is 8.06. The van der Waals surface area contributed by atoms with Gasteiger partial charge in [0.1, 0.15) is 23.2 Å². The third-order valence-electron chi connectivity index (χ3n) is 10.3. The van der Waals surface area contributed by atoms with E-state index in [0.717, 1.165) is 10.6 Å². The first-order chi connectivity index (χ1) is 27.8. The number of nitriles is 1. The highest BCUT2D eigenvalue weighted by molar-refractivity contribution is 7.44. The summed E-state index contributed by atoms with van der Waals surface area (Å²) in [4.78, 5) is 49.6. The molecule has 2 bridgehead atoms. The number of carbonyl (C=O) groups excluding carboxylic acids is 1. The molecule has 1 aromatic heterocycles. The van der Waals surface area contributed by atoms with Crippen LogP contribution >= 0.6 is 8.53 Å². The Morgan fingerprint density at radius 2 is 1.48 bits per heavy atom. The maximum Gasteiger partial charge on any atom is 0.330 e. The maximum absolute atomic E-state index is 14.9. The molecule has 3 unspecified atom stereocenters. The first kappa shape index (κ1) is 42.7. The summed E-state index contributed by atoms with van der Waals surface area (Å²) in [5, 5.41) is 10.5. The zero-order valence-corrected chi connectivity index (χ0v) is 34.8. The maximum atomic E-state index is 14.9. The van der Waals surface area contributed by atoms with E-state index in [0.29, 0.717) is 22.6 Å². The largest absolute Gasteiger partial charge is 0.497 e. The number of ether oxygens (including phenoxy) is 4. The summed E-state index contributed by atoms with van der Waals surface area (Å²) in [5.74, 6) is 0.624. The van der Waals surface area contributed by atoms with Gasteiger partial charge < -0.3 is 28.0 Å². The number of nitrogens with zero attached hydrogens (tertiary/aromatic N) is 4. The number of benzene rings is 3. The minimum atomic E-state index is -1.98. The molecule has 5 atom stereocenters. The number of aromatic amines is 1. The van der Waals surface area contributed by atoms with Crippen molar-refractivity contribution in [1.29, 1.82) is 5.26 Å². The van der Waals surface area contributed by atoms with E-state index in [1.807, 2.05) is 111 Å². The molecule has 6 rings (SSSR count). The van der Waals surface area contributed by atoms with Crippen LogP contribution in [0.4, 0.5) is 0 Å². The summed E-state index contributed by atoms with van der Waals surface area (Å²) in [7, 11) is 2.66. The van der Waals surface area contributed by atoms with Crippen molar-refractivity contribution in [2.45, 2.75) is 82.8 Å². The van der Waals surface area contributed by atoms with E-state index >= 15 is 0 Å². The highest BCUT2D eigenvalue weighted by Crippen LogP contribution is 2.55. The number of carbonyl (C=O) groups is 1. The van der Waals surface area contributed by atoms with Crippen LogP contribution in [0.25, 0.3) is 0 Å². The van der Waals surface area contributed by atoms with Gasteiger partial charge in [0.25, 0.3) is 20.0 Å². The monoisotopic (exact) mass is 815 g/mol. The molecule has 4 aromatic rings. The van der Waals surface area contributed by atoms with Crippen molar-refractivity contribution in [2.75, 3.05) is 34.5 Å². The van der Waals surface area contributed by atoms with E-state index in [9.17, 15) is 19.6 Å². The number of hydrogen-bond acceptors (Lipinski definition) is 12. The highest BCUT2D eigenvalue weighted by Gasteiger charge is 2.69. The minimum Gasteiger partial charge on any atom is -0.497 e. The van der Waals surface area contributed by atoms with E-state index in [1.54, 1.807) is 21.1 Å². The number of nitrogens with one attached hydrogen (secondary N) is 1. The fraction of sp³-hybridized carbons (Fsp3) is 0.429. The molecular weight excluding hydrogens is 765 g/mol. The van der Waals surface area contributed by atoms with Gasteiger partial charge >= 0.3 is 5.69 Å². The van der Waals surface area contributed by atoms with Crippen LogP contribution < -0.4 is 20.7 Å². The van der Waals surface area contributed by atoms with E-state index in [4.69, 9.17) is 32.8 Å². The van der Waals surface area contributed by atoms with Gasteiger partial charge in [-0.2, -0.15) is 5.26 Å². The second-order valence-corrected chi connectivity index (χ2v) is 16.0. The number of methoxy groups -OCH3 is 2. The Labute approximate surface area is 338 Å². The SMILES string of the molecule is COc1ccc(C(OC[C@]23O[C@@H](n4cc(C)c(=O)[nH]c4=O)C(ON(C)C2=O)C3OP(OCCC#N)N(C(C)C)C(C)C)(c2ccccc2)c2ccc(OC)cc2)cc1. The van der Waals surface area contributed by atoms with Gasteiger partial charge in [-0.3, -0.25) is 24.0 Å². The number of hydrogen-bond donors (Lipinski definition) is 1. The summed E-state index contributed by atoms with van der Waals surface area (Å²) >= 11 is 0. The number of H-pyrrole nitrogens is 1. The third-order valence-corrected chi connectivity index (χ3v) is 12.4. The molecule has 0 radical (unpaired) electrons. The van der Waals surface area contributed by atoms with Crippen molar-refractivity contribution in [3.05, 3.63) is 128 Å². The number of rotatable bonds is 17. The van der Waals surface area contributed by atoms with Crippen molar-refractivity contribution in [3.63, 3.8) is 0 Å². The second kappa shape index (κ2) is 17.9. The second-order valence-electron chi connectivity index (χ2n) is 14.6. The molecule has 3 heterocycles. The van der Waals surface area contributed by atoms with E-state index in [2.05, 4.69) is 11.1 Å². The Bertz CT molecular complexity index is 2140. The van der Waals surface area contributed by atoms with Gasteiger partial charge in [-0.25, -0.2) is 14.5 Å². The molecule has 2 aliphatic rings. The fourth-order valence-electron chi connectivity index (χ4n) is 7.54. The lowest BCUT2D eigenvalue weighted by atomic mass is 9.79. The van der Waals surface area contributed by atoms with E-state index < -0.39 is 61.9 Å². The number of amides is 1. The molecule has 2 aliphatic heterocycles. The van der Waals surface area contributed by atoms with Crippen molar-refractivity contribution in [2.24, 2.45) is 0 Å². The van der Waals surface area contributed by atoms with Crippen molar-refractivity contribution in [1.82, 2.24) is 19.3 Å². The highest BCUT2D eigenvalue weighted by atomic mass is 31.2. The van der Waals surface area contributed by atoms with Crippen LogP contribution in [0.15, 0.2) is 94.6 Å². The normalized spacial score (nSPS) is 21.1. The van der Waals surface area contributed by atoms with Crippen LogP contribution in [-0.2, 0) is 33.8 Å².